The smallest absolute Gasteiger partial charge is 0.216 e. The molecule has 0 aromatic heterocycles. The van der Waals surface area contributed by atoms with Crippen LogP contribution in [-0.2, 0) is 14.8 Å². The molecule has 1 heterocycles. The SMILES string of the molecule is COCCS(=O)(=O)N1CCN(c2ccc(C)cc2)CC1. The number of piperazine rings is 1. The summed E-state index contributed by atoms with van der Waals surface area (Å²) in [5, 5.41) is 0. The lowest BCUT2D eigenvalue weighted by atomic mass is 10.2. The van der Waals surface area contributed by atoms with Gasteiger partial charge in [0.05, 0.1) is 12.4 Å². The first kappa shape index (κ1) is 15.3. The van der Waals surface area contributed by atoms with Crippen LogP contribution in [0.5, 0.6) is 0 Å². The van der Waals surface area contributed by atoms with Gasteiger partial charge in [-0.2, -0.15) is 4.31 Å². The Kier molecular flexibility index (Phi) is 5.01. The maximum Gasteiger partial charge on any atom is 0.216 e. The predicted octanol–water partition coefficient (Wildman–Crippen LogP) is 1.09. The number of sulfonamides is 1. The zero-order chi connectivity index (χ0) is 14.6. The van der Waals surface area contributed by atoms with Gasteiger partial charge in [-0.1, -0.05) is 17.7 Å². The second-order valence-electron chi connectivity index (χ2n) is 5.03. The third-order valence-corrected chi connectivity index (χ3v) is 5.41. The Morgan fingerprint density at radius 1 is 1.10 bits per heavy atom. The fourth-order valence-corrected chi connectivity index (χ4v) is 3.65. The van der Waals surface area contributed by atoms with E-state index in [0.717, 1.165) is 18.8 Å². The van der Waals surface area contributed by atoms with E-state index in [9.17, 15) is 8.42 Å². The van der Waals surface area contributed by atoms with E-state index in [0.29, 0.717) is 13.1 Å². The molecule has 0 atom stereocenters. The van der Waals surface area contributed by atoms with Gasteiger partial charge in [-0.25, -0.2) is 8.42 Å². The first-order valence-electron chi connectivity index (χ1n) is 6.81. The third-order valence-electron chi connectivity index (χ3n) is 3.58. The van der Waals surface area contributed by atoms with Crippen LogP contribution in [-0.4, -0.2) is 58.4 Å². The van der Waals surface area contributed by atoms with Crippen molar-refractivity contribution in [1.29, 1.82) is 0 Å². The largest absolute Gasteiger partial charge is 0.384 e. The Hall–Kier alpha value is -1.11. The van der Waals surface area contributed by atoms with Gasteiger partial charge in [0.1, 0.15) is 0 Å². The highest BCUT2D eigenvalue weighted by Gasteiger charge is 2.26. The number of rotatable bonds is 5. The van der Waals surface area contributed by atoms with Gasteiger partial charge in [0.15, 0.2) is 0 Å². The summed E-state index contributed by atoms with van der Waals surface area (Å²) in [5.41, 5.74) is 2.39. The van der Waals surface area contributed by atoms with E-state index >= 15 is 0 Å². The molecular formula is C14H22N2O3S. The normalized spacial score (nSPS) is 17.4. The van der Waals surface area contributed by atoms with E-state index in [1.165, 1.54) is 12.7 Å². The highest BCUT2D eigenvalue weighted by atomic mass is 32.2. The van der Waals surface area contributed by atoms with Crippen molar-refractivity contribution in [2.75, 3.05) is 50.5 Å². The highest BCUT2D eigenvalue weighted by molar-refractivity contribution is 7.89. The number of ether oxygens (including phenoxy) is 1. The van der Waals surface area contributed by atoms with E-state index in [-0.39, 0.29) is 12.4 Å². The Morgan fingerprint density at radius 2 is 1.70 bits per heavy atom. The minimum Gasteiger partial charge on any atom is -0.384 e. The lowest BCUT2D eigenvalue weighted by Gasteiger charge is -2.35. The number of hydrogen-bond acceptors (Lipinski definition) is 4. The van der Waals surface area contributed by atoms with E-state index in [4.69, 9.17) is 4.74 Å². The molecule has 2 rings (SSSR count). The monoisotopic (exact) mass is 298 g/mol. The Balaban J connectivity index is 1.93. The van der Waals surface area contributed by atoms with Gasteiger partial charge >= 0.3 is 0 Å². The van der Waals surface area contributed by atoms with Crippen LogP contribution in [0.2, 0.25) is 0 Å². The summed E-state index contributed by atoms with van der Waals surface area (Å²) in [6, 6.07) is 8.34. The standard InChI is InChI=1S/C14H22N2O3S/c1-13-3-5-14(6-4-13)15-7-9-16(10-8-15)20(17,18)12-11-19-2/h3-6H,7-12H2,1-2H3. The maximum absolute atomic E-state index is 12.1. The molecule has 1 aromatic carbocycles. The molecule has 0 unspecified atom stereocenters. The lowest BCUT2D eigenvalue weighted by molar-refractivity contribution is 0.215. The predicted molar refractivity (Wildman–Crippen MR) is 80.6 cm³/mol. The summed E-state index contributed by atoms with van der Waals surface area (Å²) >= 11 is 0. The molecule has 5 nitrogen and oxygen atoms in total. The van der Waals surface area contributed by atoms with Gasteiger partial charge in [-0.15, -0.1) is 0 Å². The first-order chi connectivity index (χ1) is 9.53. The summed E-state index contributed by atoms with van der Waals surface area (Å²) in [7, 11) is -1.66. The van der Waals surface area contributed by atoms with Gasteiger partial charge in [-0.3, -0.25) is 0 Å². The van der Waals surface area contributed by atoms with Crippen molar-refractivity contribution in [3.05, 3.63) is 29.8 Å². The molecule has 0 radical (unpaired) electrons. The summed E-state index contributed by atoms with van der Waals surface area (Å²) in [6.07, 6.45) is 0. The van der Waals surface area contributed by atoms with Crippen molar-refractivity contribution in [3.63, 3.8) is 0 Å². The Labute approximate surface area is 121 Å². The van der Waals surface area contributed by atoms with Crippen LogP contribution >= 0.6 is 0 Å². The van der Waals surface area contributed by atoms with Gasteiger partial charge in [-0.05, 0) is 19.1 Å². The van der Waals surface area contributed by atoms with Crippen LogP contribution in [0.4, 0.5) is 5.69 Å². The summed E-state index contributed by atoms with van der Waals surface area (Å²) in [6.45, 7) is 4.86. The molecule has 1 fully saturated rings. The Bertz CT molecular complexity index is 520. The van der Waals surface area contributed by atoms with Crippen LogP contribution in [0.1, 0.15) is 5.56 Å². The average Bonchev–Trinajstić information content (AvgIpc) is 2.46. The first-order valence-corrected chi connectivity index (χ1v) is 8.42. The second kappa shape index (κ2) is 6.56. The van der Waals surface area contributed by atoms with Gasteiger partial charge < -0.3 is 9.64 Å². The average molecular weight is 298 g/mol. The van der Waals surface area contributed by atoms with E-state index in [2.05, 4.69) is 36.1 Å². The molecule has 1 aromatic rings. The second-order valence-corrected chi connectivity index (χ2v) is 7.12. The van der Waals surface area contributed by atoms with E-state index < -0.39 is 10.0 Å². The number of anilines is 1. The fraction of sp³-hybridized carbons (Fsp3) is 0.571. The molecule has 112 valence electrons. The van der Waals surface area contributed by atoms with Gasteiger partial charge in [0.2, 0.25) is 10.0 Å². The van der Waals surface area contributed by atoms with Crippen molar-refractivity contribution in [2.45, 2.75) is 6.92 Å². The molecule has 0 spiro atoms. The molecule has 1 aliphatic rings. The summed E-state index contributed by atoms with van der Waals surface area (Å²) < 4.78 is 30.5. The minimum atomic E-state index is -3.18. The Morgan fingerprint density at radius 3 is 2.25 bits per heavy atom. The molecule has 0 aliphatic carbocycles. The van der Waals surface area contributed by atoms with Crippen molar-refractivity contribution in [1.82, 2.24) is 4.31 Å². The molecule has 0 amide bonds. The number of aryl methyl sites for hydroxylation is 1. The molecule has 6 heteroatoms. The van der Waals surface area contributed by atoms with Crippen LogP contribution in [0.3, 0.4) is 0 Å². The molecule has 0 N–H and O–H groups in total. The van der Waals surface area contributed by atoms with Crippen LogP contribution < -0.4 is 4.90 Å². The molecule has 0 bridgehead atoms. The number of nitrogens with zero attached hydrogens (tertiary/aromatic N) is 2. The molecule has 1 saturated heterocycles. The number of methoxy groups -OCH3 is 1. The topological polar surface area (TPSA) is 49.9 Å². The van der Waals surface area contributed by atoms with Crippen molar-refractivity contribution in [2.24, 2.45) is 0 Å². The third kappa shape index (κ3) is 3.71. The van der Waals surface area contributed by atoms with Crippen molar-refractivity contribution in [3.8, 4) is 0 Å². The zero-order valence-corrected chi connectivity index (χ0v) is 12.9. The highest BCUT2D eigenvalue weighted by Crippen LogP contribution is 2.18. The van der Waals surface area contributed by atoms with E-state index in [1.54, 1.807) is 4.31 Å². The van der Waals surface area contributed by atoms with Crippen LogP contribution in [0, 0.1) is 6.92 Å². The molecule has 20 heavy (non-hydrogen) atoms. The quantitative estimate of drug-likeness (QED) is 0.816. The minimum absolute atomic E-state index is 0.0635. The zero-order valence-electron chi connectivity index (χ0n) is 12.1. The number of hydrogen-bond donors (Lipinski definition) is 0. The molecule has 0 saturated carbocycles. The lowest BCUT2D eigenvalue weighted by Crippen LogP contribution is -2.49. The van der Waals surface area contributed by atoms with Gasteiger partial charge in [0, 0.05) is 39.0 Å². The van der Waals surface area contributed by atoms with Crippen molar-refractivity contribution < 1.29 is 13.2 Å². The van der Waals surface area contributed by atoms with Crippen LogP contribution in [0.15, 0.2) is 24.3 Å². The van der Waals surface area contributed by atoms with Gasteiger partial charge in [0.25, 0.3) is 0 Å². The maximum atomic E-state index is 12.1. The molecule has 1 aliphatic heterocycles. The number of benzene rings is 1. The van der Waals surface area contributed by atoms with Crippen LogP contribution in [0.25, 0.3) is 0 Å². The molecular weight excluding hydrogens is 276 g/mol. The summed E-state index contributed by atoms with van der Waals surface area (Å²) in [5.74, 6) is 0.0635. The van der Waals surface area contributed by atoms with Crippen molar-refractivity contribution >= 4 is 15.7 Å². The van der Waals surface area contributed by atoms with E-state index in [1.807, 2.05) is 0 Å². The fourth-order valence-electron chi connectivity index (χ4n) is 2.30. The summed E-state index contributed by atoms with van der Waals surface area (Å²) in [4.78, 5) is 2.22.